The van der Waals surface area contributed by atoms with Crippen LogP contribution in [0, 0.1) is 10.1 Å². The molecule has 10 nitrogen and oxygen atoms in total. The second-order valence-corrected chi connectivity index (χ2v) is 9.13. The van der Waals surface area contributed by atoms with Crippen LogP contribution in [0.1, 0.15) is 22.3 Å². The minimum atomic E-state index is -3.88. The van der Waals surface area contributed by atoms with Crippen molar-refractivity contribution in [3.05, 3.63) is 88.0 Å². The van der Waals surface area contributed by atoms with Crippen molar-refractivity contribution < 1.29 is 27.6 Å². The van der Waals surface area contributed by atoms with E-state index in [9.17, 15) is 23.3 Å². The standard InChI is InChI=1S/C23H21N3O7S/c27-23(24-15-16-2-8-19(9-3-16)26(28)29)17-4-6-18(7-5-17)25-34(30,31)20-10-11-21-22(14-20)33-13-1-12-32-21/h2-11,14,25H,1,12-13,15H2,(H,24,27). The molecule has 0 saturated carbocycles. The summed E-state index contributed by atoms with van der Waals surface area (Å²) in [4.78, 5) is 22.6. The maximum absolute atomic E-state index is 12.8. The van der Waals surface area contributed by atoms with Crippen LogP contribution in [-0.2, 0) is 16.6 Å². The molecule has 1 heterocycles. The van der Waals surface area contributed by atoms with Gasteiger partial charge in [0, 0.05) is 42.4 Å². The number of carbonyl (C=O) groups excluding carboxylic acids is 1. The van der Waals surface area contributed by atoms with Crippen LogP contribution in [-0.4, -0.2) is 32.5 Å². The van der Waals surface area contributed by atoms with Gasteiger partial charge in [-0.2, -0.15) is 0 Å². The summed E-state index contributed by atoms with van der Waals surface area (Å²) >= 11 is 0. The molecule has 0 unspecified atom stereocenters. The summed E-state index contributed by atoms with van der Waals surface area (Å²) in [5.41, 5.74) is 1.30. The van der Waals surface area contributed by atoms with E-state index in [1.54, 1.807) is 18.2 Å². The van der Waals surface area contributed by atoms with Gasteiger partial charge in [-0.1, -0.05) is 12.1 Å². The molecule has 11 heteroatoms. The van der Waals surface area contributed by atoms with Gasteiger partial charge in [0.25, 0.3) is 21.6 Å². The molecule has 0 aliphatic carbocycles. The largest absolute Gasteiger partial charge is 0.490 e. The molecule has 1 aliphatic rings. The second-order valence-electron chi connectivity index (χ2n) is 7.45. The van der Waals surface area contributed by atoms with Gasteiger partial charge in [-0.05, 0) is 42.0 Å². The maximum Gasteiger partial charge on any atom is 0.269 e. The first kappa shape index (κ1) is 23.1. The van der Waals surface area contributed by atoms with E-state index in [4.69, 9.17) is 9.47 Å². The van der Waals surface area contributed by atoms with Gasteiger partial charge < -0.3 is 14.8 Å². The summed E-state index contributed by atoms with van der Waals surface area (Å²) in [5, 5.41) is 13.4. The molecular formula is C23H21N3O7S. The lowest BCUT2D eigenvalue weighted by Gasteiger charge is -2.12. The fourth-order valence-electron chi connectivity index (χ4n) is 3.23. The highest BCUT2D eigenvalue weighted by molar-refractivity contribution is 7.92. The molecule has 1 amide bonds. The molecule has 0 spiro atoms. The number of nitrogens with one attached hydrogen (secondary N) is 2. The molecule has 4 rings (SSSR count). The predicted molar refractivity (Wildman–Crippen MR) is 124 cm³/mol. The van der Waals surface area contributed by atoms with Crippen molar-refractivity contribution in [3.8, 4) is 11.5 Å². The quantitative estimate of drug-likeness (QED) is 0.388. The van der Waals surface area contributed by atoms with Gasteiger partial charge >= 0.3 is 0 Å². The Hall–Kier alpha value is -4.12. The Morgan fingerprint density at radius 1 is 0.941 bits per heavy atom. The Balaban J connectivity index is 1.38. The first-order valence-electron chi connectivity index (χ1n) is 10.4. The van der Waals surface area contributed by atoms with Crippen LogP contribution < -0.4 is 19.5 Å². The molecule has 0 radical (unpaired) electrons. The highest BCUT2D eigenvalue weighted by atomic mass is 32.2. The van der Waals surface area contributed by atoms with Crippen LogP contribution in [0.4, 0.5) is 11.4 Å². The van der Waals surface area contributed by atoms with E-state index in [1.807, 2.05) is 0 Å². The summed E-state index contributed by atoms with van der Waals surface area (Å²) in [6.07, 6.45) is 0.711. The Bertz CT molecular complexity index is 1310. The average molecular weight is 484 g/mol. The number of hydrogen-bond acceptors (Lipinski definition) is 7. The zero-order valence-corrected chi connectivity index (χ0v) is 18.7. The number of amides is 1. The number of rotatable bonds is 7. The molecule has 176 valence electrons. The number of nitrogens with zero attached hydrogens (tertiary/aromatic N) is 1. The molecule has 3 aromatic rings. The Morgan fingerprint density at radius 3 is 2.29 bits per heavy atom. The lowest BCUT2D eigenvalue weighted by molar-refractivity contribution is -0.384. The fourth-order valence-corrected chi connectivity index (χ4v) is 4.31. The Labute approximate surface area is 195 Å². The number of benzene rings is 3. The van der Waals surface area contributed by atoms with Crippen molar-refractivity contribution in [2.24, 2.45) is 0 Å². The molecule has 0 fully saturated rings. The summed E-state index contributed by atoms with van der Waals surface area (Å²) < 4.78 is 39.1. The van der Waals surface area contributed by atoms with Crippen LogP contribution in [0.2, 0.25) is 0 Å². The SMILES string of the molecule is O=C(NCc1ccc([N+](=O)[O-])cc1)c1ccc(NS(=O)(=O)c2ccc3c(c2)OCCCO3)cc1. The van der Waals surface area contributed by atoms with Gasteiger partial charge in [0.2, 0.25) is 0 Å². The third-order valence-electron chi connectivity index (χ3n) is 5.03. The Kier molecular flexibility index (Phi) is 6.64. The van der Waals surface area contributed by atoms with Gasteiger partial charge in [-0.15, -0.1) is 0 Å². The van der Waals surface area contributed by atoms with Crippen molar-refractivity contribution in [1.29, 1.82) is 0 Å². The minimum absolute atomic E-state index is 0.0279. The molecule has 1 aliphatic heterocycles. The first-order valence-corrected chi connectivity index (χ1v) is 11.8. The molecule has 2 N–H and O–H groups in total. The van der Waals surface area contributed by atoms with Crippen molar-refractivity contribution in [2.45, 2.75) is 17.9 Å². The molecule has 3 aromatic carbocycles. The number of carbonyl (C=O) groups is 1. The molecule has 0 bridgehead atoms. The van der Waals surface area contributed by atoms with Gasteiger partial charge in [0.15, 0.2) is 11.5 Å². The monoisotopic (exact) mass is 483 g/mol. The van der Waals surface area contributed by atoms with Gasteiger partial charge in [0.1, 0.15) is 0 Å². The van der Waals surface area contributed by atoms with E-state index in [1.165, 1.54) is 48.5 Å². The van der Waals surface area contributed by atoms with E-state index in [-0.39, 0.29) is 23.0 Å². The molecule has 0 atom stereocenters. The average Bonchev–Trinajstić information content (AvgIpc) is 3.08. The van der Waals surface area contributed by atoms with E-state index < -0.39 is 14.9 Å². The van der Waals surface area contributed by atoms with E-state index in [2.05, 4.69) is 10.0 Å². The normalized spacial score (nSPS) is 12.9. The van der Waals surface area contributed by atoms with Crippen molar-refractivity contribution in [3.63, 3.8) is 0 Å². The first-order chi connectivity index (χ1) is 16.3. The van der Waals surface area contributed by atoms with Crippen molar-refractivity contribution >= 4 is 27.3 Å². The topological polar surface area (TPSA) is 137 Å². The van der Waals surface area contributed by atoms with Crippen molar-refractivity contribution in [2.75, 3.05) is 17.9 Å². The Morgan fingerprint density at radius 2 is 1.62 bits per heavy atom. The molecular weight excluding hydrogens is 462 g/mol. The van der Waals surface area contributed by atoms with Crippen LogP contribution in [0.5, 0.6) is 11.5 Å². The smallest absolute Gasteiger partial charge is 0.269 e. The van der Waals surface area contributed by atoms with E-state index in [0.717, 1.165) is 0 Å². The number of anilines is 1. The van der Waals surface area contributed by atoms with Crippen molar-refractivity contribution in [1.82, 2.24) is 5.32 Å². The highest BCUT2D eigenvalue weighted by Gasteiger charge is 2.19. The number of ether oxygens (including phenoxy) is 2. The zero-order valence-electron chi connectivity index (χ0n) is 17.9. The number of non-ortho nitro benzene ring substituents is 1. The second kappa shape index (κ2) is 9.79. The summed E-state index contributed by atoms with van der Waals surface area (Å²) in [7, 11) is -3.88. The van der Waals surface area contributed by atoms with Crippen LogP contribution in [0.3, 0.4) is 0 Å². The van der Waals surface area contributed by atoms with Crippen LogP contribution >= 0.6 is 0 Å². The number of nitro groups is 1. The predicted octanol–water partition coefficient (Wildman–Crippen LogP) is 3.49. The molecule has 0 aromatic heterocycles. The third-order valence-corrected chi connectivity index (χ3v) is 6.41. The van der Waals surface area contributed by atoms with Gasteiger partial charge in [0.05, 0.1) is 23.0 Å². The number of sulfonamides is 1. The molecule has 0 saturated heterocycles. The van der Waals surface area contributed by atoms with Crippen LogP contribution in [0.25, 0.3) is 0 Å². The molecule has 34 heavy (non-hydrogen) atoms. The maximum atomic E-state index is 12.8. The number of fused-ring (bicyclic) bond motifs is 1. The number of hydrogen-bond donors (Lipinski definition) is 2. The van der Waals surface area contributed by atoms with Gasteiger partial charge in [-0.25, -0.2) is 8.42 Å². The number of nitro benzene ring substituents is 1. The lowest BCUT2D eigenvalue weighted by atomic mass is 10.1. The fraction of sp³-hybridized carbons (Fsp3) is 0.174. The van der Waals surface area contributed by atoms with E-state index >= 15 is 0 Å². The summed E-state index contributed by atoms with van der Waals surface area (Å²) in [6.45, 7) is 1.14. The highest BCUT2D eigenvalue weighted by Crippen LogP contribution is 2.32. The zero-order chi connectivity index (χ0) is 24.1. The van der Waals surface area contributed by atoms with Crippen LogP contribution in [0.15, 0.2) is 71.6 Å². The minimum Gasteiger partial charge on any atom is -0.490 e. The summed E-state index contributed by atoms with van der Waals surface area (Å²) in [5.74, 6) is 0.511. The lowest BCUT2D eigenvalue weighted by Crippen LogP contribution is -2.22. The van der Waals surface area contributed by atoms with E-state index in [0.29, 0.717) is 47.9 Å². The van der Waals surface area contributed by atoms with Gasteiger partial charge in [-0.3, -0.25) is 19.6 Å². The third kappa shape index (κ3) is 5.44. The summed E-state index contributed by atoms with van der Waals surface area (Å²) in [6, 6.07) is 16.3.